The van der Waals surface area contributed by atoms with Gasteiger partial charge in [0.1, 0.15) is 16.8 Å². The molecule has 2 aromatic rings. The molecule has 2 rings (SSSR count). The Morgan fingerprint density at radius 1 is 1.46 bits per heavy atom. The van der Waals surface area contributed by atoms with Gasteiger partial charge < -0.3 is 10.8 Å². The number of nitrogens with zero attached hydrogens (tertiary/aromatic N) is 1. The van der Waals surface area contributed by atoms with E-state index < -0.39 is 0 Å². The highest BCUT2D eigenvalue weighted by molar-refractivity contribution is 7.23. The number of benzene rings is 1. The summed E-state index contributed by atoms with van der Waals surface area (Å²) >= 11 is 1.36. The fourth-order valence-electron chi connectivity index (χ4n) is 1.22. The van der Waals surface area contributed by atoms with Gasteiger partial charge in [0, 0.05) is 10.1 Å². The van der Waals surface area contributed by atoms with Crippen LogP contribution in [0.25, 0.3) is 10.1 Å². The number of phenolic OH excluding ortho intramolecular Hbond substituents is 1. The first-order valence-corrected chi connectivity index (χ1v) is 4.45. The van der Waals surface area contributed by atoms with Crippen molar-refractivity contribution >= 4 is 26.4 Å². The summed E-state index contributed by atoms with van der Waals surface area (Å²) in [6.07, 6.45) is 0. The summed E-state index contributed by atoms with van der Waals surface area (Å²) in [5.74, 6) is 0.154. The average Bonchev–Trinajstić information content (AvgIpc) is 2.40. The van der Waals surface area contributed by atoms with E-state index in [1.807, 2.05) is 6.07 Å². The Kier molecular flexibility index (Phi) is 1.61. The molecule has 3 nitrogen and oxygen atoms in total. The highest BCUT2D eigenvalue weighted by Gasteiger charge is 2.08. The van der Waals surface area contributed by atoms with Crippen LogP contribution in [0.5, 0.6) is 5.75 Å². The predicted molar refractivity (Wildman–Crippen MR) is 52.6 cm³/mol. The molecule has 64 valence electrons. The molecule has 0 bridgehead atoms. The van der Waals surface area contributed by atoms with Crippen LogP contribution < -0.4 is 5.73 Å². The molecule has 0 spiro atoms. The Bertz CT molecular complexity index is 510. The first-order valence-electron chi connectivity index (χ1n) is 3.63. The summed E-state index contributed by atoms with van der Waals surface area (Å²) in [5.41, 5.74) is 6.08. The van der Waals surface area contributed by atoms with Crippen molar-refractivity contribution in [1.29, 1.82) is 5.26 Å². The lowest BCUT2D eigenvalue weighted by Crippen LogP contribution is -1.81. The molecule has 0 aliphatic heterocycles. The second-order valence-electron chi connectivity index (χ2n) is 2.63. The fraction of sp³-hybridized carbons (Fsp3) is 0. The number of nitrogens with two attached hydrogens (primary N) is 1. The molecule has 0 amide bonds. The minimum atomic E-state index is 0.154. The fourth-order valence-corrected chi connectivity index (χ4v) is 2.12. The number of aromatic hydroxyl groups is 1. The van der Waals surface area contributed by atoms with Gasteiger partial charge in [0.05, 0.1) is 5.56 Å². The van der Waals surface area contributed by atoms with E-state index in [1.54, 1.807) is 18.2 Å². The second kappa shape index (κ2) is 2.64. The standard InChI is InChI=1S/C9H6N2OS/c10-4-7-6-3-5(12)1-2-8(6)13-9(7)11/h1-3,12H,11H2. The Labute approximate surface area is 78.6 Å². The number of thiophene rings is 1. The van der Waals surface area contributed by atoms with Gasteiger partial charge >= 0.3 is 0 Å². The molecule has 0 atom stereocenters. The van der Waals surface area contributed by atoms with Crippen molar-refractivity contribution in [3.63, 3.8) is 0 Å². The first kappa shape index (κ1) is 7.90. The van der Waals surface area contributed by atoms with Gasteiger partial charge in [-0.3, -0.25) is 0 Å². The summed E-state index contributed by atoms with van der Waals surface area (Å²) in [7, 11) is 0. The van der Waals surface area contributed by atoms with Crippen LogP contribution in [0, 0.1) is 11.3 Å². The SMILES string of the molecule is N#Cc1c(N)sc2ccc(O)cc12. The van der Waals surface area contributed by atoms with Gasteiger partial charge in [-0.15, -0.1) is 11.3 Å². The van der Waals surface area contributed by atoms with E-state index in [-0.39, 0.29) is 5.75 Å². The van der Waals surface area contributed by atoms with Gasteiger partial charge in [-0.2, -0.15) is 5.26 Å². The number of anilines is 1. The third-order valence-corrected chi connectivity index (χ3v) is 2.81. The van der Waals surface area contributed by atoms with E-state index in [0.717, 1.165) is 10.1 Å². The number of hydrogen-bond donors (Lipinski definition) is 2. The zero-order valence-corrected chi connectivity index (χ0v) is 7.43. The quantitative estimate of drug-likeness (QED) is 0.668. The summed E-state index contributed by atoms with van der Waals surface area (Å²) in [6, 6.07) is 6.92. The van der Waals surface area contributed by atoms with Crippen molar-refractivity contribution in [3.8, 4) is 11.8 Å². The Hall–Kier alpha value is -1.73. The Balaban J connectivity index is 2.91. The molecular formula is C9H6N2OS. The molecule has 1 heterocycles. The molecule has 0 aliphatic rings. The summed E-state index contributed by atoms with van der Waals surface area (Å²) in [5, 5.41) is 19.2. The Morgan fingerprint density at radius 2 is 2.23 bits per heavy atom. The van der Waals surface area contributed by atoms with E-state index in [9.17, 15) is 5.11 Å². The van der Waals surface area contributed by atoms with Crippen LogP contribution in [-0.2, 0) is 0 Å². The van der Waals surface area contributed by atoms with E-state index in [4.69, 9.17) is 11.0 Å². The molecule has 0 unspecified atom stereocenters. The summed E-state index contributed by atoms with van der Waals surface area (Å²) < 4.78 is 0.923. The van der Waals surface area contributed by atoms with Gasteiger partial charge in [-0.25, -0.2) is 0 Å². The van der Waals surface area contributed by atoms with Crippen LogP contribution in [0.2, 0.25) is 0 Å². The van der Waals surface area contributed by atoms with E-state index in [0.29, 0.717) is 10.6 Å². The minimum Gasteiger partial charge on any atom is -0.508 e. The number of fused-ring (bicyclic) bond motifs is 1. The van der Waals surface area contributed by atoms with Crippen LogP contribution >= 0.6 is 11.3 Å². The van der Waals surface area contributed by atoms with Gasteiger partial charge in [0.25, 0.3) is 0 Å². The highest BCUT2D eigenvalue weighted by Crippen LogP contribution is 2.34. The third-order valence-electron chi connectivity index (χ3n) is 1.81. The molecule has 13 heavy (non-hydrogen) atoms. The van der Waals surface area contributed by atoms with Crippen molar-refractivity contribution in [3.05, 3.63) is 23.8 Å². The van der Waals surface area contributed by atoms with Crippen molar-refractivity contribution < 1.29 is 5.11 Å². The van der Waals surface area contributed by atoms with Crippen LogP contribution in [0.1, 0.15) is 5.56 Å². The number of hydrogen-bond acceptors (Lipinski definition) is 4. The molecular weight excluding hydrogens is 184 g/mol. The molecule has 4 heteroatoms. The van der Waals surface area contributed by atoms with Crippen LogP contribution in [0.15, 0.2) is 18.2 Å². The van der Waals surface area contributed by atoms with Crippen molar-refractivity contribution in [2.45, 2.75) is 0 Å². The zero-order valence-electron chi connectivity index (χ0n) is 6.61. The highest BCUT2D eigenvalue weighted by atomic mass is 32.1. The normalized spacial score (nSPS) is 10.1. The molecule has 1 aromatic heterocycles. The van der Waals surface area contributed by atoms with Crippen molar-refractivity contribution in [1.82, 2.24) is 0 Å². The summed E-state index contributed by atoms with van der Waals surface area (Å²) in [4.78, 5) is 0. The number of rotatable bonds is 0. The largest absolute Gasteiger partial charge is 0.508 e. The van der Waals surface area contributed by atoms with Gasteiger partial charge in [-0.05, 0) is 18.2 Å². The zero-order chi connectivity index (χ0) is 9.42. The number of phenols is 1. The van der Waals surface area contributed by atoms with Gasteiger partial charge in [0.2, 0.25) is 0 Å². The maximum Gasteiger partial charge on any atom is 0.116 e. The van der Waals surface area contributed by atoms with Gasteiger partial charge in [0.15, 0.2) is 0 Å². The van der Waals surface area contributed by atoms with Crippen LogP contribution in [-0.4, -0.2) is 5.11 Å². The average molecular weight is 190 g/mol. The molecule has 0 aliphatic carbocycles. The van der Waals surface area contributed by atoms with E-state index >= 15 is 0 Å². The monoisotopic (exact) mass is 190 g/mol. The van der Waals surface area contributed by atoms with E-state index in [2.05, 4.69) is 0 Å². The lowest BCUT2D eigenvalue weighted by atomic mass is 10.2. The molecule has 0 saturated carbocycles. The lowest BCUT2D eigenvalue weighted by Gasteiger charge is -1.91. The number of nitriles is 1. The van der Waals surface area contributed by atoms with Crippen molar-refractivity contribution in [2.24, 2.45) is 0 Å². The van der Waals surface area contributed by atoms with Gasteiger partial charge in [-0.1, -0.05) is 0 Å². The topological polar surface area (TPSA) is 70.0 Å². The molecule has 0 fully saturated rings. The molecule has 0 saturated heterocycles. The lowest BCUT2D eigenvalue weighted by molar-refractivity contribution is 0.476. The first-order chi connectivity index (χ1) is 6.22. The smallest absolute Gasteiger partial charge is 0.116 e. The second-order valence-corrected chi connectivity index (χ2v) is 3.72. The molecule has 0 radical (unpaired) electrons. The Morgan fingerprint density at radius 3 is 2.92 bits per heavy atom. The molecule has 1 aromatic carbocycles. The van der Waals surface area contributed by atoms with Crippen LogP contribution in [0.4, 0.5) is 5.00 Å². The van der Waals surface area contributed by atoms with Crippen molar-refractivity contribution in [2.75, 3.05) is 5.73 Å². The minimum absolute atomic E-state index is 0.154. The predicted octanol–water partition coefficient (Wildman–Crippen LogP) is 2.06. The third kappa shape index (κ3) is 1.10. The maximum atomic E-state index is 9.21. The van der Waals surface area contributed by atoms with Crippen LogP contribution in [0.3, 0.4) is 0 Å². The molecule has 3 N–H and O–H groups in total. The van der Waals surface area contributed by atoms with E-state index in [1.165, 1.54) is 11.3 Å². The summed E-state index contributed by atoms with van der Waals surface area (Å²) in [6.45, 7) is 0. The maximum absolute atomic E-state index is 9.21. The number of nitrogen functional groups attached to an aromatic ring is 1.